The quantitative estimate of drug-likeness (QED) is 0.734. The Kier molecular flexibility index (Phi) is 3.45. The van der Waals surface area contributed by atoms with Crippen LogP contribution in [0.2, 0.25) is 0 Å². The minimum atomic E-state index is -0.0431. The van der Waals surface area contributed by atoms with Gasteiger partial charge in [0, 0.05) is 18.9 Å². The van der Waals surface area contributed by atoms with Gasteiger partial charge in [-0.05, 0) is 31.0 Å². The number of hydrogen-bond donors (Lipinski definition) is 0. The first-order valence-corrected chi connectivity index (χ1v) is 7.67. The largest absolute Gasteiger partial charge is 0.331 e. The van der Waals surface area contributed by atoms with Crippen LogP contribution in [0.3, 0.4) is 0 Å². The van der Waals surface area contributed by atoms with E-state index in [2.05, 4.69) is 20.3 Å². The van der Waals surface area contributed by atoms with Crippen molar-refractivity contribution < 1.29 is 4.79 Å². The number of fused-ring (bicyclic) bond motifs is 1. The zero-order chi connectivity index (χ0) is 15.6. The Morgan fingerprint density at radius 3 is 2.87 bits per heavy atom. The van der Waals surface area contributed by atoms with E-state index in [4.69, 9.17) is 0 Å². The Labute approximate surface area is 133 Å². The van der Waals surface area contributed by atoms with Crippen molar-refractivity contribution in [1.82, 2.24) is 29.9 Å². The predicted molar refractivity (Wildman–Crippen MR) is 83.2 cm³/mol. The summed E-state index contributed by atoms with van der Waals surface area (Å²) in [6.07, 6.45) is 5.29. The summed E-state index contributed by atoms with van der Waals surface area (Å²) in [5.74, 6) is 0.734. The van der Waals surface area contributed by atoms with Crippen molar-refractivity contribution in [3.63, 3.8) is 0 Å². The Balaban J connectivity index is 1.56. The molecule has 1 aliphatic heterocycles. The summed E-state index contributed by atoms with van der Waals surface area (Å²) in [4.78, 5) is 23.2. The van der Waals surface area contributed by atoms with Crippen molar-refractivity contribution in [2.24, 2.45) is 0 Å². The van der Waals surface area contributed by atoms with Gasteiger partial charge in [0.2, 0.25) is 5.91 Å². The highest BCUT2D eigenvalue weighted by atomic mass is 16.2. The van der Waals surface area contributed by atoms with Gasteiger partial charge in [-0.25, -0.2) is 14.6 Å². The number of amides is 1. The summed E-state index contributed by atoms with van der Waals surface area (Å²) in [7, 11) is 0. The van der Waals surface area contributed by atoms with Crippen LogP contribution in [-0.2, 0) is 11.3 Å². The van der Waals surface area contributed by atoms with Gasteiger partial charge in [0.1, 0.15) is 12.1 Å². The zero-order valence-corrected chi connectivity index (χ0v) is 12.5. The van der Waals surface area contributed by atoms with E-state index in [1.165, 1.54) is 0 Å². The molecule has 1 fully saturated rings. The molecule has 1 amide bonds. The molecule has 4 rings (SSSR count). The topological polar surface area (TPSA) is 76.8 Å². The fraction of sp³-hybridized carbons (Fsp3) is 0.312. The standard InChI is InChI=1S/C16H16N6O/c23-15(11-22-13-6-2-1-5-12(13)19-20-22)21-10-3-7-14(21)16-17-8-4-9-18-16/h1-2,4-6,8-9,14H,3,7,10-11H2. The van der Waals surface area contributed by atoms with Crippen molar-refractivity contribution >= 4 is 16.9 Å². The van der Waals surface area contributed by atoms with Crippen LogP contribution in [0.1, 0.15) is 24.7 Å². The summed E-state index contributed by atoms with van der Waals surface area (Å²) in [5.41, 5.74) is 1.66. The van der Waals surface area contributed by atoms with Gasteiger partial charge in [0.05, 0.1) is 11.6 Å². The molecule has 0 N–H and O–H groups in total. The van der Waals surface area contributed by atoms with E-state index < -0.39 is 0 Å². The number of hydrogen-bond acceptors (Lipinski definition) is 5. The predicted octanol–water partition coefficient (Wildman–Crippen LogP) is 1.58. The van der Waals surface area contributed by atoms with E-state index in [9.17, 15) is 4.79 Å². The van der Waals surface area contributed by atoms with Gasteiger partial charge in [-0.1, -0.05) is 17.3 Å². The van der Waals surface area contributed by atoms with Crippen LogP contribution in [0.4, 0.5) is 0 Å². The molecule has 23 heavy (non-hydrogen) atoms. The average molecular weight is 308 g/mol. The highest BCUT2D eigenvalue weighted by Crippen LogP contribution is 2.29. The molecule has 1 aliphatic rings. The second-order valence-electron chi connectivity index (χ2n) is 5.59. The van der Waals surface area contributed by atoms with Crippen LogP contribution in [0.25, 0.3) is 11.0 Å². The molecule has 0 bridgehead atoms. The Morgan fingerprint density at radius 1 is 1.17 bits per heavy atom. The second kappa shape index (κ2) is 5.75. The lowest BCUT2D eigenvalue weighted by Crippen LogP contribution is -2.34. The summed E-state index contributed by atoms with van der Waals surface area (Å²) in [5, 5.41) is 8.19. The molecule has 7 heteroatoms. The monoisotopic (exact) mass is 308 g/mol. The number of para-hydroxylation sites is 1. The van der Waals surface area contributed by atoms with Gasteiger partial charge in [-0.2, -0.15) is 0 Å². The van der Waals surface area contributed by atoms with Crippen molar-refractivity contribution in [2.75, 3.05) is 6.54 Å². The Morgan fingerprint density at radius 2 is 2.00 bits per heavy atom. The normalized spacial score (nSPS) is 17.7. The number of likely N-dealkylation sites (tertiary alicyclic amines) is 1. The first-order chi connectivity index (χ1) is 11.3. The number of rotatable bonds is 3. The maximum absolute atomic E-state index is 12.7. The molecule has 2 aromatic heterocycles. The summed E-state index contributed by atoms with van der Waals surface area (Å²) in [6, 6.07) is 9.38. The number of benzene rings is 1. The molecule has 116 valence electrons. The van der Waals surface area contributed by atoms with Crippen LogP contribution in [-0.4, -0.2) is 42.3 Å². The van der Waals surface area contributed by atoms with E-state index in [0.717, 1.165) is 30.4 Å². The number of aromatic nitrogens is 5. The zero-order valence-electron chi connectivity index (χ0n) is 12.5. The van der Waals surface area contributed by atoms with E-state index in [0.29, 0.717) is 5.82 Å². The van der Waals surface area contributed by atoms with E-state index in [1.807, 2.05) is 29.2 Å². The van der Waals surface area contributed by atoms with Crippen LogP contribution in [0, 0.1) is 0 Å². The molecule has 3 aromatic rings. The fourth-order valence-corrected chi connectivity index (χ4v) is 3.07. The molecule has 1 unspecified atom stereocenters. The van der Waals surface area contributed by atoms with Crippen LogP contribution < -0.4 is 0 Å². The minimum absolute atomic E-state index is 0.0237. The molecule has 1 atom stereocenters. The molecular weight excluding hydrogens is 292 g/mol. The molecular formula is C16H16N6O. The highest BCUT2D eigenvalue weighted by molar-refractivity contribution is 5.80. The van der Waals surface area contributed by atoms with E-state index >= 15 is 0 Å². The van der Waals surface area contributed by atoms with Crippen LogP contribution >= 0.6 is 0 Å². The molecule has 1 saturated heterocycles. The summed E-state index contributed by atoms with van der Waals surface area (Å²) < 4.78 is 1.65. The van der Waals surface area contributed by atoms with Gasteiger partial charge in [-0.15, -0.1) is 5.10 Å². The first kappa shape index (κ1) is 13.8. The lowest BCUT2D eigenvalue weighted by atomic mass is 10.2. The maximum atomic E-state index is 12.7. The number of carbonyl (C=O) groups is 1. The third-order valence-electron chi connectivity index (χ3n) is 4.16. The third kappa shape index (κ3) is 2.54. The third-order valence-corrected chi connectivity index (χ3v) is 4.16. The Hall–Kier alpha value is -2.83. The van der Waals surface area contributed by atoms with Crippen LogP contribution in [0.5, 0.6) is 0 Å². The molecule has 3 heterocycles. The van der Waals surface area contributed by atoms with Crippen molar-refractivity contribution in [3.8, 4) is 0 Å². The van der Waals surface area contributed by atoms with E-state index in [-0.39, 0.29) is 18.5 Å². The van der Waals surface area contributed by atoms with Gasteiger partial charge in [-0.3, -0.25) is 4.79 Å². The molecule has 0 radical (unpaired) electrons. The summed E-state index contributed by atoms with van der Waals surface area (Å²) >= 11 is 0. The Bertz CT molecular complexity index is 831. The van der Waals surface area contributed by atoms with Gasteiger partial charge in [0.25, 0.3) is 0 Å². The lowest BCUT2D eigenvalue weighted by Gasteiger charge is -2.23. The van der Waals surface area contributed by atoms with E-state index in [1.54, 1.807) is 23.1 Å². The van der Waals surface area contributed by atoms with Crippen molar-refractivity contribution in [1.29, 1.82) is 0 Å². The smallest absolute Gasteiger partial charge is 0.245 e. The molecule has 0 saturated carbocycles. The fourth-order valence-electron chi connectivity index (χ4n) is 3.07. The maximum Gasteiger partial charge on any atom is 0.245 e. The number of nitrogens with zero attached hydrogens (tertiary/aromatic N) is 6. The SMILES string of the molecule is O=C(Cn1nnc2ccccc21)N1CCCC1c1ncccn1. The van der Waals surface area contributed by atoms with Crippen LogP contribution in [0.15, 0.2) is 42.7 Å². The first-order valence-electron chi connectivity index (χ1n) is 7.67. The minimum Gasteiger partial charge on any atom is -0.331 e. The molecule has 7 nitrogen and oxygen atoms in total. The van der Waals surface area contributed by atoms with Crippen molar-refractivity contribution in [2.45, 2.75) is 25.4 Å². The lowest BCUT2D eigenvalue weighted by molar-refractivity contribution is -0.133. The average Bonchev–Trinajstić information content (AvgIpc) is 3.23. The van der Waals surface area contributed by atoms with Gasteiger partial charge in [0.15, 0.2) is 5.82 Å². The molecule has 1 aromatic carbocycles. The van der Waals surface area contributed by atoms with Gasteiger partial charge >= 0.3 is 0 Å². The highest BCUT2D eigenvalue weighted by Gasteiger charge is 2.32. The second-order valence-corrected chi connectivity index (χ2v) is 5.59. The molecule has 0 aliphatic carbocycles. The van der Waals surface area contributed by atoms with Gasteiger partial charge < -0.3 is 4.90 Å². The number of carbonyl (C=O) groups excluding carboxylic acids is 1. The summed E-state index contributed by atoms with van der Waals surface area (Å²) in [6.45, 7) is 0.915. The van der Waals surface area contributed by atoms with Crippen molar-refractivity contribution in [3.05, 3.63) is 48.5 Å². The molecule has 0 spiro atoms.